The standard InChI is InChI=1S/C43H59N3O9S/c1-8-24-52-32-18-21-38-36(27-32)40-34(15-11-13-23-48)30(14-10-12-22-47)26-35-37(45-55-42(4,5)6)28-39(43(54-38,41(35)40)53-25-9-2)46(7)56(50,51)33-19-16-31(17-20-33)44-29(3)49/h8-9,16-21,26-27,30,34,39-41,47-48H,1-2,10-15,22-25,28H2,3-7H3,(H,44,49)/t30-,34+,39-,40+,41+,43+/m0/s1. The molecule has 3 N–H and O–H groups in total. The van der Waals surface area contributed by atoms with Crippen LogP contribution < -0.4 is 14.8 Å². The molecule has 2 aromatic rings. The van der Waals surface area contributed by atoms with E-state index in [1.54, 1.807) is 24.3 Å². The quantitative estimate of drug-likeness (QED) is 0.0778. The first-order valence-corrected chi connectivity index (χ1v) is 21.0. The van der Waals surface area contributed by atoms with Gasteiger partial charge in [-0.2, -0.15) is 4.31 Å². The van der Waals surface area contributed by atoms with Crippen molar-refractivity contribution in [2.45, 2.75) is 101 Å². The zero-order chi connectivity index (χ0) is 40.7. The fourth-order valence-corrected chi connectivity index (χ4v) is 9.76. The van der Waals surface area contributed by atoms with Gasteiger partial charge < -0.3 is 34.6 Å². The smallest absolute Gasteiger partial charge is 0.243 e. The van der Waals surface area contributed by atoms with Crippen molar-refractivity contribution in [3.63, 3.8) is 0 Å². The molecule has 1 aliphatic heterocycles. The number of benzene rings is 2. The maximum Gasteiger partial charge on any atom is 0.243 e. The van der Waals surface area contributed by atoms with Crippen LogP contribution in [0.3, 0.4) is 0 Å². The average Bonchev–Trinajstić information content (AvgIpc) is 3.16. The molecule has 1 fully saturated rings. The average molecular weight is 794 g/mol. The summed E-state index contributed by atoms with van der Waals surface area (Å²) in [5, 5.41) is 27.1. The second-order valence-electron chi connectivity index (χ2n) is 15.8. The van der Waals surface area contributed by atoms with Crippen molar-refractivity contribution in [2.24, 2.45) is 22.9 Å². The minimum atomic E-state index is -4.20. The van der Waals surface area contributed by atoms with Crippen LogP contribution in [-0.4, -0.2) is 85.5 Å². The zero-order valence-corrected chi connectivity index (χ0v) is 34.2. The molecular formula is C43H59N3O9S. The lowest BCUT2D eigenvalue weighted by Gasteiger charge is -2.59. The minimum absolute atomic E-state index is 0.0183. The van der Waals surface area contributed by atoms with Crippen LogP contribution in [-0.2, 0) is 24.4 Å². The summed E-state index contributed by atoms with van der Waals surface area (Å²) < 4.78 is 50.8. The van der Waals surface area contributed by atoms with Gasteiger partial charge in [0.05, 0.1) is 29.2 Å². The molecule has 2 aliphatic carbocycles. The Hall–Kier alpha value is -4.01. The van der Waals surface area contributed by atoms with E-state index in [4.69, 9.17) is 24.2 Å². The monoisotopic (exact) mass is 793 g/mol. The topological polar surface area (TPSA) is 156 Å². The van der Waals surface area contributed by atoms with E-state index in [1.807, 2.05) is 39.0 Å². The number of aliphatic hydroxyl groups excluding tert-OH is 2. The highest BCUT2D eigenvalue weighted by Gasteiger charge is 2.65. The Bertz CT molecular complexity index is 1870. The molecular weight excluding hydrogens is 735 g/mol. The first kappa shape index (κ1) is 43.1. The maximum absolute atomic E-state index is 14.7. The molecule has 2 aromatic carbocycles. The number of sulfonamides is 1. The van der Waals surface area contributed by atoms with E-state index in [-0.39, 0.29) is 54.8 Å². The number of likely N-dealkylation sites (N-methyl/N-ethyl adjacent to an activating group) is 1. The lowest BCUT2D eigenvalue weighted by molar-refractivity contribution is -0.250. The molecule has 6 atom stereocenters. The number of carbonyl (C=O) groups excluding carboxylic acids is 1. The maximum atomic E-state index is 14.7. The van der Waals surface area contributed by atoms with Gasteiger partial charge in [-0.15, -0.1) is 6.58 Å². The van der Waals surface area contributed by atoms with E-state index < -0.39 is 33.4 Å². The number of anilines is 1. The molecule has 1 saturated carbocycles. The van der Waals surface area contributed by atoms with Crippen LogP contribution in [0.5, 0.6) is 11.5 Å². The van der Waals surface area contributed by atoms with E-state index in [2.05, 4.69) is 24.6 Å². The van der Waals surface area contributed by atoms with Crippen molar-refractivity contribution < 1.29 is 42.5 Å². The molecule has 0 bridgehead atoms. The van der Waals surface area contributed by atoms with Crippen molar-refractivity contribution >= 4 is 27.3 Å². The fourth-order valence-electron chi connectivity index (χ4n) is 8.39. The van der Waals surface area contributed by atoms with Crippen molar-refractivity contribution in [1.29, 1.82) is 0 Å². The van der Waals surface area contributed by atoms with Gasteiger partial charge in [-0.1, -0.05) is 42.8 Å². The summed E-state index contributed by atoms with van der Waals surface area (Å²) in [6.45, 7) is 15.4. The Labute approximate surface area is 332 Å². The fraction of sp³-hybridized carbons (Fsp3) is 0.535. The Morgan fingerprint density at radius 1 is 1.04 bits per heavy atom. The number of nitrogens with one attached hydrogen (secondary N) is 1. The minimum Gasteiger partial charge on any atom is -0.490 e. The van der Waals surface area contributed by atoms with Crippen molar-refractivity contribution in [2.75, 3.05) is 38.8 Å². The molecule has 0 aromatic heterocycles. The van der Waals surface area contributed by atoms with E-state index in [0.717, 1.165) is 36.8 Å². The molecule has 13 heteroatoms. The second-order valence-corrected chi connectivity index (χ2v) is 17.8. The highest BCUT2D eigenvalue weighted by atomic mass is 32.2. The Balaban J connectivity index is 1.78. The number of oxime groups is 1. The predicted octanol–water partition coefficient (Wildman–Crippen LogP) is 6.96. The highest BCUT2D eigenvalue weighted by Crippen LogP contribution is 2.62. The summed E-state index contributed by atoms with van der Waals surface area (Å²) in [6, 6.07) is 10.8. The third kappa shape index (κ3) is 9.40. The van der Waals surface area contributed by atoms with Crippen LogP contribution >= 0.6 is 0 Å². The molecule has 0 spiro atoms. The van der Waals surface area contributed by atoms with Crippen LogP contribution in [0, 0.1) is 17.8 Å². The number of carbonyl (C=O) groups is 1. The first-order valence-electron chi connectivity index (χ1n) is 19.6. The molecule has 56 heavy (non-hydrogen) atoms. The summed E-state index contributed by atoms with van der Waals surface area (Å²) in [7, 11) is -2.66. The molecule has 0 unspecified atom stereocenters. The van der Waals surface area contributed by atoms with Crippen LogP contribution in [0.4, 0.5) is 5.69 Å². The molecule has 12 nitrogen and oxygen atoms in total. The third-order valence-corrected chi connectivity index (χ3v) is 12.6. The molecule has 5 rings (SSSR count). The third-order valence-electron chi connectivity index (χ3n) is 10.7. The zero-order valence-electron chi connectivity index (χ0n) is 33.4. The van der Waals surface area contributed by atoms with Crippen LogP contribution in [0.2, 0.25) is 0 Å². The SMILES string of the molecule is C=CCOc1ccc2c(c1)[C@H]1[C@H](CCCCO)[C@@H](CCCCO)C=C3C(=NOC(C)(C)C)C[C@H](N(C)S(=O)(=O)c4ccc(NC(C)=O)cc4)[C@@](OCC=C)(O2)[C@H]31. The van der Waals surface area contributed by atoms with Gasteiger partial charge in [-0.25, -0.2) is 8.42 Å². The van der Waals surface area contributed by atoms with Gasteiger partial charge in [-0.05, 0) is 106 Å². The van der Waals surface area contributed by atoms with E-state index in [9.17, 15) is 23.4 Å². The number of allylic oxidation sites excluding steroid dienone is 1. The van der Waals surface area contributed by atoms with E-state index in [1.165, 1.54) is 30.4 Å². The first-order chi connectivity index (χ1) is 26.7. The molecule has 0 radical (unpaired) electrons. The number of fused-ring (bicyclic) bond motifs is 2. The molecule has 1 amide bonds. The number of amides is 1. The summed E-state index contributed by atoms with van der Waals surface area (Å²) in [5.41, 5.74) is 2.23. The number of unbranched alkanes of at least 4 members (excludes halogenated alkanes) is 2. The van der Waals surface area contributed by atoms with Gasteiger partial charge >= 0.3 is 0 Å². The number of ether oxygens (including phenoxy) is 3. The lowest BCUT2D eigenvalue weighted by Crippen LogP contribution is -2.69. The van der Waals surface area contributed by atoms with E-state index >= 15 is 0 Å². The Morgan fingerprint density at radius 2 is 1.71 bits per heavy atom. The van der Waals surface area contributed by atoms with Gasteiger partial charge in [0.25, 0.3) is 0 Å². The molecule has 0 saturated heterocycles. The number of hydrogen-bond donors (Lipinski definition) is 3. The van der Waals surface area contributed by atoms with Gasteiger partial charge in [-0.3, -0.25) is 4.79 Å². The Kier molecular flexibility index (Phi) is 14.2. The molecule has 1 heterocycles. The van der Waals surface area contributed by atoms with Gasteiger partial charge in [0, 0.05) is 50.8 Å². The number of nitrogens with zero attached hydrogens (tertiary/aromatic N) is 2. The van der Waals surface area contributed by atoms with E-state index in [0.29, 0.717) is 42.3 Å². The van der Waals surface area contributed by atoms with Crippen molar-refractivity contribution in [1.82, 2.24) is 4.31 Å². The highest BCUT2D eigenvalue weighted by molar-refractivity contribution is 7.89. The molecule has 306 valence electrons. The summed E-state index contributed by atoms with van der Waals surface area (Å²) in [6.07, 6.45) is 10.1. The summed E-state index contributed by atoms with van der Waals surface area (Å²) in [4.78, 5) is 17.9. The Morgan fingerprint density at radius 3 is 2.34 bits per heavy atom. The summed E-state index contributed by atoms with van der Waals surface area (Å²) >= 11 is 0. The predicted molar refractivity (Wildman–Crippen MR) is 217 cm³/mol. The summed E-state index contributed by atoms with van der Waals surface area (Å²) in [5.74, 6) is -1.36. The second kappa shape index (κ2) is 18.5. The van der Waals surface area contributed by atoms with Crippen molar-refractivity contribution in [3.05, 3.63) is 85.0 Å². The lowest BCUT2D eigenvalue weighted by atomic mass is 9.55. The largest absolute Gasteiger partial charge is 0.490 e. The van der Waals surface area contributed by atoms with Crippen LogP contribution in [0.25, 0.3) is 0 Å². The number of aliphatic hydroxyl groups is 2. The van der Waals surface area contributed by atoms with Crippen LogP contribution in [0.1, 0.15) is 84.1 Å². The van der Waals surface area contributed by atoms with Crippen molar-refractivity contribution in [3.8, 4) is 11.5 Å². The molecule has 3 aliphatic rings. The normalized spacial score (nSPS) is 25.0. The number of hydrogen-bond acceptors (Lipinski definition) is 10. The van der Waals surface area contributed by atoms with Gasteiger partial charge in [0.2, 0.25) is 21.7 Å². The van der Waals surface area contributed by atoms with Crippen LogP contribution in [0.15, 0.2) is 89.5 Å². The van der Waals surface area contributed by atoms with Gasteiger partial charge in [0.1, 0.15) is 23.7 Å². The number of rotatable bonds is 19. The van der Waals surface area contributed by atoms with Gasteiger partial charge in [0.15, 0.2) is 0 Å².